The van der Waals surface area contributed by atoms with Crippen molar-refractivity contribution in [3.63, 3.8) is 0 Å². The van der Waals surface area contributed by atoms with Gasteiger partial charge in [0.05, 0.1) is 17.4 Å². The molecule has 0 unspecified atom stereocenters. The number of aliphatic hydroxyl groups is 1. The van der Waals surface area contributed by atoms with E-state index in [0.717, 1.165) is 37.4 Å². The number of β-amino-alcohol motifs (C(OH)–C–C–N with tert-alkyl or cyclic N) is 1. The van der Waals surface area contributed by atoms with Crippen molar-refractivity contribution in [2.45, 2.75) is 25.4 Å². The van der Waals surface area contributed by atoms with Crippen molar-refractivity contribution < 1.29 is 9.90 Å². The minimum absolute atomic E-state index is 0.0588. The van der Waals surface area contributed by atoms with Crippen LogP contribution in [0, 0.1) is 5.92 Å². The highest BCUT2D eigenvalue weighted by molar-refractivity contribution is 5.94. The van der Waals surface area contributed by atoms with Gasteiger partial charge in [-0.15, -0.1) is 0 Å². The first kappa shape index (κ1) is 16.9. The van der Waals surface area contributed by atoms with E-state index in [9.17, 15) is 9.90 Å². The fraction of sp³-hybridized carbons (Fsp3) is 0.474. The molecule has 2 aliphatic rings. The number of aromatic nitrogens is 3. The van der Waals surface area contributed by atoms with Gasteiger partial charge in [0.15, 0.2) is 0 Å². The summed E-state index contributed by atoms with van der Waals surface area (Å²) in [6.07, 6.45) is 9.14. The summed E-state index contributed by atoms with van der Waals surface area (Å²) < 4.78 is 0. The number of likely N-dealkylation sites (tertiary alicyclic amines) is 1. The minimum Gasteiger partial charge on any atom is -0.391 e. The van der Waals surface area contributed by atoms with Crippen LogP contribution in [0.2, 0.25) is 0 Å². The molecule has 2 atom stereocenters. The van der Waals surface area contributed by atoms with Gasteiger partial charge in [-0.1, -0.05) is 0 Å². The minimum atomic E-state index is -0.426. The van der Waals surface area contributed by atoms with Gasteiger partial charge in [0.25, 0.3) is 5.91 Å². The molecule has 4 rings (SSSR count). The number of aliphatic hydroxyl groups excluding tert-OH is 1. The average Bonchev–Trinajstić information content (AvgIpc) is 3.33. The fourth-order valence-electron chi connectivity index (χ4n) is 3.75. The molecule has 2 aliphatic heterocycles. The Bertz CT molecular complexity index is 746. The monoisotopic (exact) mass is 353 g/mol. The van der Waals surface area contributed by atoms with Gasteiger partial charge >= 0.3 is 0 Å². The molecular formula is C19H23N5O2. The molecule has 2 saturated heterocycles. The van der Waals surface area contributed by atoms with Crippen LogP contribution in [-0.4, -0.2) is 63.1 Å². The summed E-state index contributed by atoms with van der Waals surface area (Å²) in [7, 11) is 0. The lowest BCUT2D eigenvalue weighted by molar-refractivity contribution is 0.0792. The maximum Gasteiger partial charge on any atom is 0.255 e. The zero-order valence-corrected chi connectivity index (χ0v) is 14.7. The second-order valence-electron chi connectivity index (χ2n) is 7.04. The summed E-state index contributed by atoms with van der Waals surface area (Å²) in [5, 5.41) is 10.4. The Hall–Kier alpha value is -2.54. The van der Waals surface area contributed by atoms with E-state index in [-0.39, 0.29) is 11.8 Å². The van der Waals surface area contributed by atoms with Gasteiger partial charge in [0, 0.05) is 56.9 Å². The first-order valence-electron chi connectivity index (χ1n) is 9.14. The van der Waals surface area contributed by atoms with Gasteiger partial charge in [0.2, 0.25) is 0 Å². The average molecular weight is 353 g/mol. The van der Waals surface area contributed by atoms with Crippen LogP contribution in [0.25, 0.3) is 0 Å². The third kappa shape index (κ3) is 3.53. The Balaban J connectivity index is 1.40. The molecule has 1 amide bonds. The van der Waals surface area contributed by atoms with E-state index in [2.05, 4.69) is 19.9 Å². The van der Waals surface area contributed by atoms with Crippen molar-refractivity contribution >= 4 is 11.7 Å². The highest BCUT2D eigenvalue weighted by atomic mass is 16.3. The molecule has 0 bridgehead atoms. The van der Waals surface area contributed by atoms with Crippen LogP contribution >= 0.6 is 0 Å². The molecule has 0 spiro atoms. The third-order valence-corrected chi connectivity index (χ3v) is 5.21. The fourth-order valence-corrected chi connectivity index (χ4v) is 3.75. The van der Waals surface area contributed by atoms with Crippen LogP contribution in [0.5, 0.6) is 0 Å². The Morgan fingerprint density at radius 2 is 1.96 bits per heavy atom. The van der Waals surface area contributed by atoms with Crippen LogP contribution in [0.15, 0.2) is 36.9 Å². The lowest BCUT2D eigenvalue weighted by atomic mass is 10.0. The van der Waals surface area contributed by atoms with Crippen LogP contribution < -0.4 is 4.90 Å². The predicted molar refractivity (Wildman–Crippen MR) is 96.8 cm³/mol. The van der Waals surface area contributed by atoms with Gasteiger partial charge in [-0.3, -0.25) is 14.8 Å². The predicted octanol–water partition coefficient (Wildman–Crippen LogP) is 1.15. The molecule has 7 nitrogen and oxygen atoms in total. The number of hydrogen-bond acceptors (Lipinski definition) is 6. The molecule has 4 heterocycles. The first-order valence-corrected chi connectivity index (χ1v) is 9.14. The molecule has 0 radical (unpaired) electrons. The number of nitrogens with zero attached hydrogens (tertiary/aromatic N) is 5. The smallest absolute Gasteiger partial charge is 0.255 e. The van der Waals surface area contributed by atoms with E-state index in [4.69, 9.17) is 0 Å². The van der Waals surface area contributed by atoms with Crippen molar-refractivity contribution in [2.24, 2.45) is 5.92 Å². The summed E-state index contributed by atoms with van der Waals surface area (Å²) >= 11 is 0. The standard InChI is InChI=1S/C19H23N5O2/c25-17-13-24(12-15(17)9-16-11-20-5-6-21-16)18-4-3-14(10-22-18)19(26)23-7-1-2-8-23/h3-6,10-11,15,17,25H,1-2,7-9,12-13H2/t15-,17-/m1/s1. The van der Waals surface area contributed by atoms with E-state index >= 15 is 0 Å². The van der Waals surface area contributed by atoms with E-state index in [1.807, 2.05) is 17.0 Å². The Labute approximate surface area is 152 Å². The SMILES string of the molecule is O=C(c1ccc(N2C[C@@H](Cc3cnccn3)[C@H](O)C2)nc1)N1CCCC1. The number of rotatable bonds is 4. The van der Waals surface area contributed by atoms with Crippen molar-refractivity contribution in [1.29, 1.82) is 0 Å². The molecule has 0 aliphatic carbocycles. The summed E-state index contributed by atoms with van der Waals surface area (Å²) in [6, 6.07) is 3.71. The lowest BCUT2D eigenvalue weighted by Crippen LogP contribution is -2.28. The number of anilines is 1. The van der Waals surface area contributed by atoms with E-state index < -0.39 is 6.10 Å². The first-order chi connectivity index (χ1) is 12.7. The number of carbonyl (C=O) groups excluding carboxylic acids is 1. The number of pyridine rings is 1. The van der Waals surface area contributed by atoms with E-state index in [1.165, 1.54) is 0 Å². The van der Waals surface area contributed by atoms with Crippen molar-refractivity contribution in [3.05, 3.63) is 48.2 Å². The van der Waals surface area contributed by atoms with Crippen LogP contribution in [0.1, 0.15) is 28.9 Å². The zero-order valence-electron chi connectivity index (χ0n) is 14.7. The van der Waals surface area contributed by atoms with Crippen molar-refractivity contribution in [3.8, 4) is 0 Å². The number of hydrogen-bond donors (Lipinski definition) is 1. The molecular weight excluding hydrogens is 330 g/mol. The summed E-state index contributed by atoms with van der Waals surface area (Å²) in [6.45, 7) is 2.92. The Kier molecular flexibility index (Phi) is 4.79. The summed E-state index contributed by atoms with van der Waals surface area (Å²) in [4.78, 5) is 29.2. The second kappa shape index (κ2) is 7.37. The molecule has 26 heavy (non-hydrogen) atoms. The molecule has 2 fully saturated rings. The zero-order chi connectivity index (χ0) is 17.9. The van der Waals surface area contributed by atoms with Gasteiger partial charge in [-0.2, -0.15) is 0 Å². The number of amides is 1. The Morgan fingerprint density at radius 1 is 1.12 bits per heavy atom. The highest BCUT2D eigenvalue weighted by Gasteiger charge is 2.32. The lowest BCUT2D eigenvalue weighted by Gasteiger charge is -2.18. The van der Waals surface area contributed by atoms with Crippen LogP contribution in [0.3, 0.4) is 0 Å². The summed E-state index contributed by atoms with van der Waals surface area (Å²) in [5.41, 5.74) is 1.52. The van der Waals surface area contributed by atoms with Gasteiger partial charge in [-0.25, -0.2) is 4.98 Å². The largest absolute Gasteiger partial charge is 0.391 e. The topological polar surface area (TPSA) is 82.5 Å². The van der Waals surface area contributed by atoms with Gasteiger partial charge in [-0.05, 0) is 31.4 Å². The van der Waals surface area contributed by atoms with Crippen LogP contribution in [0.4, 0.5) is 5.82 Å². The third-order valence-electron chi connectivity index (χ3n) is 5.21. The second-order valence-corrected chi connectivity index (χ2v) is 7.04. The van der Waals surface area contributed by atoms with E-state index in [1.54, 1.807) is 24.8 Å². The normalized spacial score (nSPS) is 22.8. The van der Waals surface area contributed by atoms with Crippen molar-refractivity contribution in [1.82, 2.24) is 19.9 Å². The van der Waals surface area contributed by atoms with E-state index in [0.29, 0.717) is 25.1 Å². The van der Waals surface area contributed by atoms with Gasteiger partial charge in [0.1, 0.15) is 5.82 Å². The Morgan fingerprint density at radius 3 is 2.65 bits per heavy atom. The maximum absolute atomic E-state index is 12.4. The molecule has 0 saturated carbocycles. The van der Waals surface area contributed by atoms with Gasteiger partial charge < -0.3 is 14.9 Å². The molecule has 0 aromatic carbocycles. The molecule has 1 N–H and O–H groups in total. The molecule has 2 aromatic heterocycles. The highest BCUT2D eigenvalue weighted by Crippen LogP contribution is 2.25. The van der Waals surface area contributed by atoms with Crippen molar-refractivity contribution in [2.75, 3.05) is 31.1 Å². The summed E-state index contributed by atoms with van der Waals surface area (Å²) in [5.74, 6) is 0.951. The van der Waals surface area contributed by atoms with Crippen LogP contribution in [-0.2, 0) is 6.42 Å². The molecule has 2 aromatic rings. The molecule has 136 valence electrons. The quantitative estimate of drug-likeness (QED) is 0.888. The maximum atomic E-state index is 12.4. The molecule has 7 heteroatoms. The number of carbonyl (C=O) groups is 1.